The van der Waals surface area contributed by atoms with E-state index in [2.05, 4.69) is 12.2 Å². The molecule has 0 spiro atoms. The smallest absolute Gasteiger partial charge is 0.244 e. The molecule has 1 heterocycles. The molecule has 0 atom stereocenters. The van der Waals surface area contributed by atoms with Crippen LogP contribution >= 0.6 is 11.3 Å². The van der Waals surface area contributed by atoms with E-state index in [0.717, 1.165) is 17.8 Å². The molecule has 1 N–H and O–H groups in total. The molecule has 17 heavy (non-hydrogen) atoms. The van der Waals surface area contributed by atoms with Crippen LogP contribution in [0.15, 0.2) is 23.6 Å². The largest absolute Gasteiger partial charge is 0.353 e. The van der Waals surface area contributed by atoms with E-state index >= 15 is 0 Å². The van der Waals surface area contributed by atoms with Crippen molar-refractivity contribution >= 4 is 23.3 Å². The van der Waals surface area contributed by atoms with Gasteiger partial charge in [0.15, 0.2) is 0 Å². The number of thiophene rings is 1. The maximum absolute atomic E-state index is 11.4. The highest BCUT2D eigenvalue weighted by Crippen LogP contribution is 2.09. The van der Waals surface area contributed by atoms with Crippen LogP contribution in [-0.2, 0) is 4.79 Å². The lowest BCUT2D eigenvalue weighted by molar-refractivity contribution is -0.116. The van der Waals surface area contributed by atoms with Gasteiger partial charge >= 0.3 is 0 Å². The molecule has 3 heteroatoms. The molecule has 1 aromatic heterocycles. The summed E-state index contributed by atoms with van der Waals surface area (Å²) in [7, 11) is 0. The third kappa shape index (κ3) is 6.95. The number of carbonyl (C=O) groups is 1. The van der Waals surface area contributed by atoms with Crippen molar-refractivity contribution in [2.75, 3.05) is 6.54 Å². The summed E-state index contributed by atoms with van der Waals surface area (Å²) in [5.74, 6) is 0.00823. The standard InChI is InChI=1S/C14H21NOS/c1-2-3-4-5-6-11-15-14(16)10-9-13-8-7-12-17-13/h7-10,12H,2-6,11H2,1H3,(H,15,16). The second kappa shape index (κ2) is 8.99. The molecule has 94 valence electrons. The molecule has 0 fully saturated rings. The summed E-state index contributed by atoms with van der Waals surface area (Å²) >= 11 is 1.64. The SMILES string of the molecule is CCCCCCCNC(=O)C=Cc1cccs1. The van der Waals surface area contributed by atoms with Crippen LogP contribution < -0.4 is 5.32 Å². The molecule has 0 aliphatic rings. The fourth-order valence-electron chi connectivity index (χ4n) is 1.54. The molecule has 2 nitrogen and oxygen atoms in total. The predicted octanol–water partition coefficient (Wildman–Crippen LogP) is 3.85. The van der Waals surface area contributed by atoms with Crippen LogP contribution in [0.3, 0.4) is 0 Å². The first-order chi connectivity index (χ1) is 8.33. The van der Waals surface area contributed by atoms with Crippen LogP contribution in [0.2, 0.25) is 0 Å². The summed E-state index contributed by atoms with van der Waals surface area (Å²) in [5, 5.41) is 4.91. The van der Waals surface area contributed by atoms with Crippen LogP contribution in [0, 0.1) is 0 Å². The Morgan fingerprint density at radius 3 is 2.88 bits per heavy atom. The number of unbranched alkanes of at least 4 members (excludes halogenated alkanes) is 4. The highest BCUT2D eigenvalue weighted by molar-refractivity contribution is 7.10. The van der Waals surface area contributed by atoms with E-state index < -0.39 is 0 Å². The van der Waals surface area contributed by atoms with Gasteiger partial charge in [0, 0.05) is 17.5 Å². The van der Waals surface area contributed by atoms with Gasteiger partial charge in [-0.2, -0.15) is 0 Å². The number of carbonyl (C=O) groups excluding carboxylic acids is 1. The van der Waals surface area contributed by atoms with Crippen molar-refractivity contribution in [3.8, 4) is 0 Å². The van der Waals surface area contributed by atoms with Crippen LogP contribution in [-0.4, -0.2) is 12.5 Å². The number of hydrogen-bond donors (Lipinski definition) is 1. The van der Waals surface area contributed by atoms with E-state index in [4.69, 9.17) is 0 Å². The van der Waals surface area contributed by atoms with E-state index in [1.54, 1.807) is 17.4 Å². The molecule has 0 aliphatic heterocycles. The zero-order valence-corrected chi connectivity index (χ0v) is 11.3. The third-order valence-electron chi connectivity index (χ3n) is 2.52. The topological polar surface area (TPSA) is 29.1 Å². The minimum atomic E-state index is 0.00823. The first-order valence-electron chi connectivity index (χ1n) is 6.32. The Labute approximate surface area is 108 Å². The quantitative estimate of drug-likeness (QED) is 0.552. The highest BCUT2D eigenvalue weighted by Gasteiger charge is 1.95. The Hall–Kier alpha value is -1.09. The van der Waals surface area contributed by atoms with Gasteiger partial charge in [0.2, 0.25) is 5.91 Å². The van der Waals surface area contributed by atoms with Gasteiger partial charge in [-0.1, -0.05) is 38.7 Å². The van der Waals surface area contributed by atoms with Gasteiger partial charge in [0.1, 0.15) is 0 Å². The van der Waals surface area contributed by atoms with E-state index in [9.17, 15) is 4.79 Å². The average Bonchev–Trinajstić information content (AvgIpc) is 2.84. The predicted molar refractivity (Wildman–Crippen MR) is 75.1 cm³/mol. The van der Waals surface area contributed by atoms with Crippen LogP contribution in [0.25, 0.3) is 6.08 Å². The lowest BCUT2D eigenvalue weighted by atomic mass is 10.1. The average molecular weight is 251 g/mol. The fraction of sp³-hybridized carbons (Fsp3) is 0.500. The van der Waals surface area contributed by atoms with Gasteiger partial charge < -0.3 is 5.32 Å². The Kier molecular flexibility index (Phi) is 7.39. The fourth-order valence-corrected chi connectivity index (χ4v) is 2.16. The molecule has 0 radical (unpaired) electrons. The van der Waals surface area contributed by atoms with Crippen molar-refractivity contribution in [3.63, 3.8) is 0 Å². The summed E-state index contributed by atoms with van der Waals surface area (Å²) in [5.41, 5.74) is 0. The van der Waals surface area contributed by atoms with Gasteiger partial charge in [0.25, 0.3) is 0 Å². The molecule has 1 aromatic rings. The van der Waals surface area contributed by atoms with Crippen molar-refractivity contribution in [2.24, 2.45) is 0 Å². The zero-order chi connectivity index (χ0) is 12.3. The monoisotopic (exact) mass is 251 g/mol. The van der Waals surface area contributed by atoms with Crippen molar-refractivity contribution < 1.29 is 4.79 Å². The van der Waals surface area contributed by atoms with Gasteiger partial charge in [-0.05, 0) is 23.9 Å². The molecule has 0 aromatic carbocycles. The Bertz CT molecular complexity index is 330. The Morgan fingerprint density at radius 1 is 1.35 bits per heavy atom. The second-order valence-corrected chi connectivity index (χ2v) is 5.03. The van der Waals surface area contributed by atoms with Crippen molar-refractivity contribution in [3.05, 3.63) is 28.5 Å². The summed E-state index contributed by atoms with van der Waals surface area (Å²) in [6, 6.07) is 3.98. The maximum Gasteiger partial charge on any atom is 0.244 e. The summed E-state index contributed by atoms with van der Waals surface area (Å²) in [4.78, 5) is 12.5. The first kappa shape index (κ1) is 14.0. The van der Waals surface area contributed by atoms with E-state index in [1.165, 1.54) is 25.7 Å². The van der Waals surface area contributed by atoms with E-state index in [1.807, 2.05) is 23.6 Å². The van der Waals surface area contributed by atoms with Gasteiger partial charge in [0.05, 0.1) is 0 Å². The van der Waals surface area contributed by atoms with Gasteiger partial charge in [-0.25, -0.2) is 0 Å². The molecule has 0 bridgehead atoms. The van der Waals surface area contributed by atoms with E-state index in [0.29, 0.717) is 0 Å². The van der Waals surface area contributed by atoms with Gasteiger partial charge in [-0.3, -0.25) is 4.79 Å². The number of rotatable bonds is 8. The number of amides is 1. The molecule has 1 amide bonds. The number of hydrogen-bond acceptors (Lipinski definition) is 2. The first-order valence-corrected chi connectivity index (χ1v) is 7.20. The summed E-state index contributed by atoms with van der Waals surface area (Å²) in [6.45, 7) is 2.99. The molecule has 0 unspecified atom stereocenters. The minimum absolute atomic E-state index is 0.00823. The van der Waals surface area contributed by atoms with Crippen LogP contribution in [0.5, 0.6) is 0 Å². The molecule has 0 saturated carbocycles. The number of nitrogens with one attached hydrogen (secondary N) is 1. The van der Waals surface area contributed by atoms with E-state index in [-0.39, 0.29) is 5.91 Å². The van der Waals surface area contributed by atoms with Crippen LogP contribution in [0.1, 0.15) is 43.9 Å². The Balaban J connectivity index is 2.05. The molecule has 1 rings (SSSR count). The lowest BCUT2D eigenvalue weighted by Gasteiger charge is -2.01. The second-order valence-electron chi connectivity index (χ2n) is 4.05. The zero-order valence-electron chi connectivity index (χ0n) is 10.4. The normalized spacial score (nSPS) is 10.9. The summed E-state index contributed by atoms with van der Waals surface area (Å²) < 4.78 is 0. The molecular weight excluding hydrogens is 230 g/mol. The lowest BCUT2D eigenvalue weighted by Crippen LogP contribution is -2.21. The Morgan fingerprint density at radius 2 is 2.18 bits per heavy atom. The van der Waals surface area contributed by atoms with Crippen LogP contribution in [0.4, 0.5) is 0 Å². The summed E-state index contributed by atoms with van der Waals surface area (Å²) in [6.07, 6.45) is 9.59. The minimum Gasteiger partial charge on any atom is -0.353 e. The van der Waals surface area contributed by atoms with Crippen molar-refractivity contribution in [2.45, 2.75) is 39.0 Å². The molecule has 0 saturated heterocycles. The van der Waals surface area contributed by atoms with Crippen molar-refractivity contribution in [1.82, 2.24) is 5.32 Å². The highest BCUT2D eigenvalue weighted by atomic mass is 32.1. The third-order valence-corrected chi connectivity index (χ3v) is 3.36. The van der Waals surface area contributed by atoms with Gasteiger partial charge in [-0.15, -0.1) is 11.3 Å². The van der Waals surface area contributed by atoms with Crippen molar-refractivity contribution in [1.29, 1.82) is 0 Å². The molecule has 0 aliphatic carbocycles. The molecular formula is C14H21NOS. The maximum atomic E-state index is 11.4.